The summed E-state index contributed by atoms with van der Waals surface area (Å²) in [4.78, 5) is 4.12. The van der Waals surface area contributed by atoms with Gasteiger partial charge in [0.05, 0.1) is 16.4 Å². The molecule has 1 aromatic heterocycles. The molecule has 0 aliphatic rings. The molecule has 5 heteroatoms. The van der Waals surface area contributed by atoms with E-state index in [1.807, 2.05) is 31.3 Å². The number of nitrogens with two attached hydrogens (primary N) is 1. The van der Waals surface area contributed by atoms with Crippen LogP contribution in [0.25, 0.3) is 5.69 Å². The van der Waals surface area contributed by atoms with Crippen LogP contribution < -0.4 is 5.73 Å². The fourth-order valence-corrected chi connectivity index (χ4v) is 2.15. The third kappa shape index (κ3) is 2.01. The molecule has 2 rings (SSSR count). The highest BCUT2D eigenvalue weighted by Crippen LogP contribution is 2.26. The van der Waals surface area contributed by atoms with E-state index in [1.54, 1.807) is 4.57 Å². The second-order valence-corrected chi connectivity index (χ2v) is 4.53. The molecule has 0 radical (unpaired) electrons. The predicted molar refractivity (Wildman–Crippen MR) is 65.4 cm³/mol. The lowest BCUT2D eigenvalue weighted by Gasteiger charge is -2.06. The minimum absolute atomic E-state index is 0.441. The summed E-state index contributed by atoms with van der Waals surface area (Å²) in [6.07, 6.45) is 1.85. The van der Waals surface area contributed by atoms with E-state index in [1.165, 1.54) is 0 Å². The minimum Gasteiger partial charge on any atom is -0.369 e. The Morgan fingerprint density at radius 1 is 1.47 bits per heavy atom. The van der Waals surface area contributed by atoms with Gasteiger partial charge in [-0.15, -0.1) is 0 Å². The zero-order valence-corrected chi connectivity index (χ0v) is 10.4. The first kappa shape index (κ1) is 10.5. The largest absolute Gasteiger partial charge is 0.369 e. The van der Waals surface area contributed by atoms with Gasteiger partial charge in [0.2, 0.25) is 5.95 Å². The molecular formula is C10H9BrClN3. The van der Waals surface area contributed by atoms with Gasteiger partial charge in [0, 0.05) is 10.7 Å². The Kier molecular flexibility index (Phi) is 2.71. The summed E-state index contributed by atoms with van der Waals surface area (Å²) in [7, 11) is 0. The molecule has 0 saturated heterocycles. The Hall–Kier alpha value is -1.00. The van der Waals surface area contributed by atoms with Crippen LogP contribution in [0.4, 0.5) is 5.95 Å². The Bertz CT molecular complexity index is 507. The molecule has 0 unspecified atom stereocenters. The number of anilines is 1. The minimum atomic E-state index is 0.441. The highest BCUT2D eigenvalue weighted by Gasteiger charge is 2.07. The van der Waals surface area contributed by atoms with Crippen molar-refractivity contribution in [2.45, 2.75) is 6.92 Å². The van der Waals surface area contributed by atoms with Crippen molar-refractivity contribution in [1.29, 1.82) is 0 Å². The summed E-state index contributed by atoms with van der Waals surface area (Å²) in [6, 6.07) is 5.63. The second kappa shape index (κ2) is 3.87. The first-order chi connectivity index (χ1) is 7.08. The Morgan fingerprint density at radius 3 is 2.73 bits per heavy atom. The summed E-state index contributed by atoms with van der Waals surface area (Å²) in [5.41, 5.74) is 7.46. The van der Waals surface area contributed by atoms with Crippen molar-refractivity contribution in [2.24, 2.45) is 0 Å². The Labute approximate surface area is 101 Å². The number of nitrogens with zero attached hydrogens (tertiary/aromatic N) is 2. The first-order valence-corrected chi connectivity index (χ1v) is 5.52. The van der Waals surface area contributed by atoms with E-state index in [4.69, 9.17) is 17.3 Å². The summed E-state index contributed by atoms with van der Waals surface area (Å²) in [5, 5.41) is 0.633. The molecule has 0 saturated carbocycles. The van der Waals surface area contributed by atoms with Crippen LogP contribution in [0.15, 0.2) is 28.9 Å². The standard InChI is InChI=1S/C10H9BrClN3/c1-6-5-15(10(13)14-6)9-3-2-7(11)4-8(9)12/h2-5H,1H3,(H2,13,14). The smallest absolute Gasteiger partial charge is 0.205 e. The number of hydrogen-bond donors (Lipinski definition) is 1. The van der Waals surface area contributed by atoms with Crippen LogP contribution >= 0.6 is 27.5 Å². The quantitative estimate of drug-likeness (QED) is 0.875. The van der Waals surface area contributed by atoms with Gasteiger partial charge in [-0.2, -0.15) is 0 Å². The van der Waals surface area contributed by atoms with E-state index < -0.39 is 0 Å². The Balaban J connectivity index is 2.59. The van der Waals surface area contributed by atoms with E-state index in [-0.39, 0.29) is 0 Å². The average molecular weight is 287 g/mol. The van der Waals surface area contributed by atoms with Crippen LogP contribution in [0.2, 0.25) is 5.02 Å². The third-order valence-corrected chi connectivity index (χ3v) is 2.82. The maximum Gasteiger partial charge on any atom is 0.205 e. The Morgan fingerprint density at radius 2 is 2.20 bits per heavy atom. The van der Waals surface area contributed by atoms with Crippen LogP contribution in [-0.2, 0) is 0 Å². The predicted octanol–water partition coefficient (Wildman–Crippen LogP) is 3.18. The zero-order valence-electron chi connectivity index (χ0n) is 8.04. The third-order valence-electron chi connectivity index (χ3n) is 2.02. The molecule has 2 N–H and O–H groups in total. The fraction of sp³-hybridized carbons (Fsp3) is 0.100. The maximum absolute atomic E-state index is 6.11. The molecule has 1 aromatic carbocycles. The van der Waals surface area contributed by atoms with Crippen LogP contribution in [0.3, 0.4) is 0 Å². The number of benzene rings is 1. The van der Waals surface area contributed by atoms with E-state index in [9.17, 15) is 0 Å². The molecular weight excluding hydrogens is 277 g/mol. The van der Waals surface area contributed by atoms with Crippen LogP contribution in [-0.4, -0.2) is 9.55 Å². The van der Waals surface area contributed by atoms with Crippen molar-refractivity contribution in [3.63, 3.8) is 0 Å². The molecule has 1 heterocycles. The lowest BCUT2D eigenvalue weighted by molar-refractivity contribution is 1.07. The molecule has 0 bridgehead atoms. The number of halogens is 2. The van der Waals surface area contributed by atoms with E-state index >= 15 is 0 Å². The lowest BCUT2D eigenvalue weighted by Crippen LogP contribution is -2.00. The van der Waals surface area contributed by atoms with Gasteiger partial charge in [-0.3, -0.25) is 4.57 Å². The molecule has 0 amide bonds. The molecule has 0 spiro atoms. The summed E-state index contributed by atoms with van der Waals surface area (Å²) in [5.74, 6) is 0.441. The fourth-order valence-electron chi connectivity index (χ4n) is 1.39. The first-order valence-electron chi connectivity index (χ1n) is 4.35. The van der Waals surface area contributed by atoms with Gasteiger partial charge in [-0.1, -0.05) is 27.5 Å². The number of hydrogen-bond acceptors (Lipinski definition) is 2. The monoisotopic (exact) mass is 285 g/mol. The number of aromatic nitrogens is 2. The summed E-state index contributed by atoms with van der Waals surface area (Å²) < 4.78 is 2.70. The molecule has 0 fully saturated rings. The van der Waals surface area contributed by atoms with E-state index in [2.05, 4.69) is 20.9 Å². The van der Waals surface area contributed by atoms with E-state index in [0.717, 1.165) is 15.9 Å². The number of nitrogen functional groups attached to an aromatic ring is 1. The average Bonchev–Trinajstić information content (AvgIpc) is 2.45. The van der Waals surface area contributed by atoms with Gasteiger partial charge < -0.3 is 5.73 Å². The summed E-state index contributed by atoms with van der Waals surface area (Å²) in [6.45, 7) is 1.89. The molecule has 78 valence electrons. The highest BCUT2D eigenvalue weighted by molar-refractivity contribution is 9.10. The van der Waals surface area contributed by atoms with Gasteiger partial charge >= 0.3 is 0 Å². The van der Waals surface area contributed by atoms with Crippen molar-refractivity contribution < 1.29 is 0 Å². The van der Waals surface area contributed by atoms with Gasteiger partial charge in [0.15, 0.2) is 0 Å². The number of imidazole rings is 1. The molecule has 0 aliphatic heterocycles. The second-order valence-electron chi connectivity index (χ2n) is 3.21. The maximum atomic E-state index is 6.11. The summed E-state index contributed by atoms with van der Waals surface area (Å²) >= 11 is 9.46. The van der Waals surface area contributed by atoms with Crippen molar-refractivity contribution in [3.8, 4) is 5.69 Å². The zero-order chi connectivity index (χ0) is 11.0. The SMILES string of the molecule is Cc1cn(-c2ccc(Br)cc2Cl)c(N)n1. The van der Waals surface area contributed by atoms with Crippen molar-refractivity contribution in [2.75, 3.05) is 5.73 Å². The van der Waals surface area contributed by atoms with Crippen molar-refractivity contribution >= 4 is 33.5 Å². The molecule has 0 aliphatic carbocycles. The van der Waals surface area contributed by atoms with Crippen molar-refractivity contribution in [1.82, 2.24) is 9.55 Å². The number of rotatable bonds is 1. The number of aryl methyl sites for hydroxylation is 1. The molecule has 3 nitrogen and oxygen atoms in total. The van der Waals surface area contributed by atoms with E-state index in [0.29, 0.717) is 11.0 Å². The normalized spacial score (nSPS) is 10.6. The topological polar surface area (TPSA) is 43.8 Å². The van der Waals surface area contributed by atoms with Crippen LogP contribution in [0.1, 0.15) is 5.69 Å². The van der Waals surface area contributed by atoms with Crippen molar-refractivity contribution in [3.05, 3.63) is 39.6 Å². The highest BCUT2D eigenvalue weighted by atomic mass is 79.9. The van der Waals surface area contributed by atoms with Crippen LogP contribution in [0, 0.1) is 6.92 Å². The van der Waals surface area contributed by atoms with Gasteiger partial charge in [0.25, 0.3) is 0 Å². The van der Waals surface area contributed by atoms with Gasteiger partial charge in [-0.05, 0) is 25.1 Å². The molecule has 0 atom stereocenters. The molecule has 2 aromatic rings. The molecule has 15 heavy (non-hydrogen) atoms. The lowest BCUT2D eigenvalue weighted by atomic mass is 10.3. The van der Waals surface area contributed by atoms with Crippen LogP contribution in [0.5, 0.6) is 0 Å². The van der Waals surface area contributed by atoms with Gasteiger partial charge in [-0.25, -0.2) is 4.98 Å². The van der Waals surface area contributed by atoms with Gasteiger partial charge in [0.1, 0.15) is 0 Å².